The van der Waals surface area contributed by atoms with Crippen molar-refractivity contribution >= 4 is 7.12 Å². The third-order valence-electron chi connectivity index (χ3n) is 4.34. The van der Waals surface area contributed by atoms with Gasteiger partial charge in [-0.1, -0.05) is 45.6 Å². The Kier molecular flexibility index (Phi) is 6.13. The van der Waals surface area contributed by atoms with Gasteiger partial charge in [-0.15, -0.1) is 0 Å². The molecule has 1 rings (SSSR count). The first-order valence-electron chi connectivity index (χ1n) is 7.88. The van der Waals surface area contributed by atoms with Crippen LogP contribution in [0.15, 0.2) is 11.5 Å². The normalized spacial score (nSPS) is 22.0. The summed E-state index contributed by atoms with van der Waals surface area (Å²) in [6, 6.07) is 0. The van der Waals surface area contributed by atoms with Crippen molar-refractivity contribution in [2.45, 2.75) is 91.3 Å². The van der Waals surface area contributed by atoms with Crippen LogP contribution in [0, 0.1) is 0 Å². The van der Waals surface area contributed by atoms with Gasteiger partial charge in [-0.25, -0.2) is 0 Å². The second kappa shape index (κ2) is 6.94. The van der Waals surface area contributed by atoms with Crippen LogP contribution < -0.4 is 0 Å². The highest BCUT2D eigenvalue weighted by atomic mass is 16.7. The summed E-state index contributed by atoms with van der Waals surface area (Å²) in [5, 5.41) is 0. The van der Waals surface area contributed by atoms with E-state index < -0.39 is 0 Å². The van der Waals surface area contributed by atoms with Gasteiger partial charge in [0.1, 0.15) is 0 Å². The molecule has 0 amide bonds. The average Bonchev–Trinajstić information content (AvgIpc) is 2.53. The second-order valence-corrected chi connectivity index (χ2v) is 6.61. The van der Waals surface area contributed by atoms with E-state index in [9.17, 15) is 0 Å². The maximum Gasteiger partial charge on any atom is 0.490 e. The van der Waals surface area contributed by atoms with Crippen LogP contribution >= 0.6 is 0 Å². The lowest BCUT2D eigenvalue weighted by atomic mass is 9.74. The van der Waals surface area contributed by atoms with Gasteiger partial charge in [0, 0.05) is 0 Å². The van der Waals surface area contributed by atoms with E-state index in [-0.39, 0.29) is 18.3 Å². The molecule has 1 fully saturated rings. The molecule has 0 aromatic carbocycles. The number of hydrogen-bond acceptors (Lipinski definition) is 2. The molecule has 0 aliphatic carbocycles. The molecule has 1 aliphatic heterocycles. The topological polar surface area (TPSA) is 18.5 Å². The SMILES string of the molecule is CCCC/C=C(/CCCC)B1OC(C)(C)C(C)(C)O1. The van der Waals surface area contributed by atoms with Gasteiger partial charge in [0.15, 0.2) is 0 Å². The molecule has 110 valence electrons. The summed E-state index contributed by atoms with van der Waals surface area (Å²) in [5.74, 6) is 0. The molecule has 0 spiro atoms. The average molecular weight is 266 g/mol. The largest absolute Gasteiger partial charge is 0.490 e. The number of rotatable bonds is 7. The minimum absolute atomic E-state index is 0.145. The Morgan fingerprint density at radius 1 is 0.947 bits per heavy atom. The van der Waals surface area contributed by atoms with Crippen LogP contribution in [0.25, 0.3) is 0 Å². The fourth-order valence-corrected chi connectivity index (χ4v) is 2.18. The van der Waals surface area contributed by atoms with E-state index in [1.165, 1.54) is 31.2 Å². The van der Waals surface area contributed by atoms with Crippen molar-refractivity contribution in [3.05, 3.63) is 11.5 Å². The zero-order valence-corrected chi connectivity index (χ0v) is 13.7. The fraction of sp³-hybridized carbons (Fsp3) is 0.875. The quantitative estimate of drug-likeness (QED) is 0.480. The van der Waals surface area contributed by atoms with Gasteiger partial charge >= 0.3 is 7.12 Å². The van der Waals surface area contributed by atoms with Crippen LogP contribution in [-0.2, 0) is 9.31 Å². The van der Waals surface area contributed by atoms with Crippen LogP contribution in [-0.4, -0.2) is 18.3 Å². The zero-order chi connectivity index (χ0) is 14.5. The van der Waals surface area contributed by atoms with E-state index in [0.29, 0.717) is 0 Å². The Labute approximate surface area is 120 Å². The van der Waals surface area contributed by atoms with E-state index in [1.54, 1.807) is 0 Å². The highest BCUT2D eigenvalue weighted by molar-refractivity contribution is 6.54. The Hall–Kier alpha value is -0.275. The van der Waals surface area contributed by atoms with E-state index in [1.807, 2.05) is 0 Å². The number of allylic oxidation sites excluding steroid dienone is 2. The van der Waals surface area contributed by atoms with Crippen molar-refractivity contribution in [1.29, 1.82) is 0 Å². The van der Waals surface area contributed by atoms with Crippen molar-refractivity contribution in [1.82, 2.24) is 0 Å². The molecule has 0 saturated carbocycles. The van der Waals surface area contributed by atoms with Gasteiger partial charge in [0.05, 0.1) is 11.2 Å². The first kappa shape index (κ1) is 16.8. The molecular weight excluding hydrogens is 235 g/mol. The first-order valence-corrected chi connectivity index (χ1v) is 7.88. The maximum atomic E-state index is 6.16. The lowest BCUT2D eigenvalue weighted by Crippen LogP contribution is -2.41. The molecule has 0 aromatic heterocycles. The van der Waals surface area contributed by atoms with E-state index in [0.717, 1.165) is 12.8 Å². The van der Waals surface area contributed by atoms with Gasteiger partial charge in [0.25, 0.3) is 0 Å². The highest BCUT2D eigenvalue weighted by Crippen LogP contribution is 2.39. The lowest BCUT2D eigenvalue weighted by Gasteiger charge is -2.32. The van der Waals surface area contributed by atoms with Crippen LogP contribution in [0.2, 0.25) is 0 Å². The lowest BCUT2D eigenvalue weighted by molar-refractivity contribution is 0.00578. The summed E-state index contributed by atoms with van der Waals surface area (Å²) in [7, 11) is -0.145. The molecule has 2 nitrogen and oxygen atoms in total. The molecule has 0 radical (unpaired) electrons. The molecule has 0 atom stereocenters. The molecule has 1 saturated heterocycles. The van der Waals surface area contributed by atoms with Crippen LogP contribution in [0.1, 0.15) is 80.1 Å². The summed E-state index contributed by atoms with van der Waals surface area (Å²) in [6.45, 7) is 12.9. The van der Waals surface area contributed by atoms with Crippen molar-refractivity contribution < 1.29 is 9.31 Å². The molecule has 0 N–H and O–H groups in total. The molecule has 1 aliphatic rings. The smallest absolute Gasteiger partial charge is 0.400 e. The molecule has 0 unspecified atom stereocenters. The molecule has 19 heavy (non-hydrogen) atoms. The summed E-state index contributed by atoms with van der Waals surface area (Å²) in [4.78, 5) is 0. The van der Waals surface area contributed by atoms with Crippen LogP contribution in [0.3, 0.4) is 0 Å². The molecule has 1 heterocycles. The minimum Gasteiger partial charge on any atom is -0.400 e. The van der Waals surface area contributed by atoms with Gasteiger partial charge in [-0.05, 0) is 46.0 Å². The summed E-state index contributed by atoms with van der Waals surface area (Å²) >= 11 is 0. The van der Waals surface area contributed by atoms with Crippen molar-refractivity contribution in [2.24, 2.45) is 0 Å². The zero-order valence-electron chi connectivity index (χ0n) is 13.7. The van der Waals surface area contributed by atoms with Gasteiger partial charge < -0.3 is 9.31 Å². The molecule has 0 bridgehead atoms. The Morgan fingerprint density at radius 2 is 1.47 bits per heavy atom. The number of unbranched alkanes of at least 4 members (excludes halogenated alkanes) is 3. The monoisotopic (exact) mass is 266 g/mol. The van der Waals surface area contributed by atoms with Crippen molar-refractivity contribution in [2.75, 3.05) is 0 Å². The predicted octanol–water partition coefficient (Wildman–Crippen LogP) is 4.92. The Bertz CT molecular complexity index is 292. The van der Waals surface area contributed by atoms with E-state index in [2.05, 4.69) is 47.6 Å². The second-order valence-electron chi connectivity index (χ2n) is 6.61. The van der Waals surface area contributed by atoms with E-state index >= 15 is 0 Å². The summed E-state index contributed by atoms with van der Waals surface area (Å²) in [5.41, 5.74) is 0.885. The Balaban J connectivity index is 2.74. The Morgan fingerprint density at radius 3 is 1.95 bits per heavy atom. The van der Waals surface area contributed by atoms with Crippen LogP contribution in [0.4, 0.5) is 0 Å². The summed E-state index contributed by atoms with van der Waals surface area (Å²) in [6.07, 6.45) is 9.49. The maximum absolute atomic E-state index is 6.16. The van der Waals surface area contributed by atoms with E-state index in [4.69, 9.17) is 9.31 Å². The van der Waals surface area contributed by atoms with Crippen molar-refractivity contribution in [3.63, 3.8) is 0 Å². The van der Waals surface area contributed by atoms with Gasteiger partial charge in [-0.2, -0.15) is 0 Å². The molecule has 3 heteroatoms. The van der Waals surface area contributed by atoms with Crippen LogP contribution in [0.5, 0.6) is 0 Å². The molecular formula is C16H31BO2. The first-order chi connectivity index (χ1) is 8.84. The third-order valence-corrected chi connectivity index (χ3v) is 4.34. The van der Waals surface area contributed by atoms with Crippen molar-refractivity contribution in [3.8, 4) is 0 Å². The predicted molar refractivity (Wildman–Crippen MR) is 83.2 cm³/mol. The van der Waals surface area contributed by atoms with Gasteiger partial charge in [0.2, 0.25) is 0 Å². The standard InChI is InChI=1S/C16H31BO2/c1-7-9-11-13-14(12-10-8-2)17-18-15(3,4)16(5,6)19-17/h13H,7-12H2,1-6H3/b14-13-. The fourth-order valence-electron chi connectivity index (χ4n) is 2.18. The summed E-state index contributed by atoms with van der Waals surface area (Å²) < 4.78 is 12.3. The molecule has 0 aromatic rings. The number of hydrogen-bond donors (Lipinski definition) is 0. The third kappa shape index (κ3) is 4.35. The van der Waals surface area contributed by atoms with Gasteiger partial charge in [-0.3, -0.25) is 0 Å². The highest BCUT2D eigenvalue weighted by Gasteiger charge is 2.51. The minimum atomic E-state index is -0.228.